The van der Waals surface area contributed by atoms with Crippen LogP contribution in [0.2, 0.25) is 0 Å². The topological polar surface area (TPSA) is 58.6 Å². The first kappa shape index (κ1) is 26.9. The third kappa shape index (κ3) is 7.94. The van der Waals surface area contributed by atoms with E-state index in [0.29, 0.717) is 18.1 Å². The van der Waals surface area contributed by atoms with Gasteiger partial charge in [-0.1, -0.05) is 68.4 Å². The lowest BCUT2D eigenvalue weighted by Crippen LogP contribution is -2.52. The molecule has 1 atom stereocenters. The van der Waals surface area contributed by atoms with E-state index in [-0.39, 0.29) is 36.8 Å². The lowest BCUT2D eigenvalue weighted by Gasteiger charge is -2.32. The second kappa shape index (κ2) is 12.9. The molecular weight excluding hydrogens is 455 g/mol. The predicted molar refractivity (Wildman–Crippen MR) is 140 cm³/mol. The highest BCUT2D eigenvalue weighted by atomic mass is 19.1. The molecule has 3 aromatic carbocycles. The highest BCUT2D eigenvalue weighted by Crippen LogP contribution is 2.20. The van der Waals surface area contributed by atoms with Crippen molar-refractivity contribution in [3.05, 3.63) is 101 Å². The van der Waals surface area contributed by atoms with Crippen molar-refractivity contribution in [2.24, 2.45) is 0 Å². The van der Waals surface area contributed by atoms with E-state index in [2.05, 4.69) is 19.2 Å². The fourth-order valence-electron chi connectivity index (χ4n) is 3.90. The lowest BCUT2D eigenvalue weighted by molar-refractivity contribution is -0.143. The van der Waals surface area contributed by atoms with Crippen molar-refractivity contribution in [1.82, 2.24) is 10.2 Å². The minimum atomic E-state index is -0.765. The van der Waals surface area contributed by atoms with Crippen LogP contribution < -0.4 is 10.1 Å². The average molecular weight is 491 g/mol. The number of nitrogens with one attached hydrogen (secondary N) is 1. The molecule has 190 valence electrons. The average Bonchev–Trinajstić information content (AvgIpc) is 2.86. The highest BCUT2D eigenvalue weighted by molar-refractivity contribution is 5.88. The van der Waals surface area contributed by atoms with Gasteiger partial charge in [-0.3, -0.25) is 9.59 Å². The first-order valence-corrected chi connectivity index (χ1v) is 12.3. The number of nitrogens with zero attached hydrogens (tertiary/aromatic N) is 1. The summed E-state index contributed by atoms with van der Waals surface area (Å²) < 4.78 is 19.3. The third-order valence-corrected chi connectivity index (χ3v) is 5.88. The number of amides is 2. The van der Waals surface area contributed by atoms with Crippen molar-refractivity contribution in [1.29, 1.82) is 0 Å². The molecule has 0 saturated carbocycles. The van der Waals surface area contributed by atoms with Crippen LogP contribution in [0.15, 0.2) is 78.9 Å². The van der Waals surface area contributed by atoms with Gasteiger partial charge in [0.05, 0.1) is 0 Å². The fourth-order valence-corrected chi connectivity index (χ4v) is 3.90. The summed E-state index contributed by atoms with van der Waals surface area (Å²) in [5.74, 6) is 0.0479. The Hall–Kier alpha value is -3.67. The molecule has 5 nitrogen and oxygen atoms in total. The Morgan fingerprint density at radius 2 is 1.50 bits per heavy atom. The molecule has 0 bridgehead atoms. The Kier molecular flexibility index (Phi) is 9.62. The largest absolute Gasteiger partial charge is 0.484 e. The second-order valence-electron chi connectivity index (χ2n) is 9.53. The van der Waals surface area contributed by atoms with E-state index in [1.54, 1.807) is 12.1 Å². The van der Waals surface area contributed by atoms with Gasteiger partial charge in [-0.05, 0) is 60.7 Å². The van der Waals surface area contributed by atoms with E-state index in [9.17, 15) is 14.0 Å². The minimum Gasteiger partial charge on any atom is -0.484 e. The predicted octanol–water partition coefficient (Wildman–Crippen LogP) is 5.49. The number of carbonyl (C=O) groups is 2. The Bertz CT molecular complexity index is 1110. The van der Waals surface area contributed by atoms with Crippen LogP contribution in [0.5, 0.6) is 5.75 Å². The van der Waals surface area contributed by atoms with Crippen LogP contribution in [0.25, 0.3) is 0 Å². The molecule has 0 unspecified atom stereocenters. The monoisotopic (exact) mass is 490 g/mol. The standard InChI is InChI=1S/C30H35FN2O3/c1-21(2)25-12-16-27(17-13-25)36-20-29(34)33(19-24-10-14-26(31)15-11-24)28(30(35)32-22(3)4)18-23-8-6-5-7-9-23/h5-17,21-22,28H,18-20H2,1-4H3,(H,32,35)/t28-/m0/s1. The summed E-state index contributed by atoms with van der Waals surface area (Å²) in [6, 6.07) is 22.3. The number of carbonyl (C=O) groups excluding carboxylic acids is 2. The molecule has 2 amide bonds. The smallest absolute Gasteiger partial charge is 0.261 e. The Labute approximate surface area is 213 Å². The molecule has 0 fully saturated rings. The van der Waals surface area contributed by atoms with E-state index in [1.165, 1.54) is 22.6 Å². The number of halogens is 1. The number of rotatable bonds is 11. The summed E-state index contributed by atoms with van der Waals surface area (Å²) in [6.07, 6.45) is 0.343. The normalized spacial score (nSPS) is 11.9. The molecule has 3 aromatic rings. The maximum Gasteiger partial charge on any atom is 0.261 e. The van der Waals surface area contributed by atoms with Gasteiger partial charge in [-0.2, -0.15) is 0 Å². The molecule has 6 heteroatoms. The van der Waals surface area contributed by atoms with Gasteiger partial charge < -0.3 is 15.0 Å². The first-order valence-electron chi connectivity index (χ1n) is 12.3. The summed E-state index contributed by atoms with van der Waals surface area (Å²) in [4.78, 5) is 28.4. The van der Waals surface area contributed by atoms with Gasteiger partial charge in [0.15, 0.2) is 6.61 Å². The Morgan fingerprint density at radius 3 is 2.08 bits per heavy atom. The van der Waals surface area contributed by atoms with Crippen molar-refractivity contribution >= 4 is 11.8 Å². The van der Waals surface area contributed by atoms with Crippen LogP contribution in [-0.2, 0) is 22.6 Å². The second-order valence-corrected chi connectivity index (χ2v) is 9.53. The SMILES string of the molecule is CC(C)NC(=O)[C@H](Cc1ccccc1)N(Cc1ccc(F)cc1)C(=O)COc1ccc(C(C)C)cc1. The molecule has 0 saturated heterocycles. The number of ether oxygens (including phenoxy) is 1. The maximum absolute atomic E-state index is 13.5. The van der Waals surface area contributed by atoms with Gasteiger partial charge in [0.25, 0.3) is 5.91 Å². The van der Waals surface area contributed by atoms with E-state index in [4.69, 9.17) is 4.74 Å². The van der Waals surface area contributed by atoms with Crippen LogP contribution in [-0.4, -0.2) is 35.4 Å². The molecule has 0 aliphatic rings. The van der Waals surface area contributed by atoms with E-state index < -0.39 is 6.04 Å². The van der Waals surface area contributed by atoms with Crippen LogP contribution in [0.4, 0.5) is 4.39 Å². The summed E-state index contributed by atoms with van der Waals surface area (Å²) in [6.45, 7) is 7.92. The molecule has 0 aliphatic carbocycles. The molecule has 0 radical (unpaired) electrons. The van der Waals surface area contributed by atoms with Crippen LogP contribution >= 0.6 is 0 Å². The number of benzene rings is 3. The van der Waals surface area contributed by atoms with Gasteiger partial charge >= 0.3 is 0 Å². The highest BCUT2D eigenvalue weighted by Gasteiger charge is 2.31. The van der Waals surface area contributed by atoms with Gasteiger partial charge in [0.2, 0.25) is 5.91 Å². The Morgan fingerprint density at radius 1 is 0.861 bits per heavy atom. The van der Waals surface area contributed by atoms with Crippen molar-refractivity contribution in [3.8, 4) is 5.75 Å². The van der Waals surface area contributed by atoms with Crippen molar-refractivity contribution in [2.45, 2.75) is 58.7 Å². The third-order valence-electron chi connectivity index (χ3n) is 5.88. The summed E-state index contributed by atoms with van der Waals surface area (Å²) >= 11 is 0. The molecule has 1 N–H and O–H groups in total. The summed E-state index contributed by atoms with van der Waals surface area (Å²) in [5, 5.41) is 2.95. The van der Waals surface area contributed by atoms with Crippen molar-refractivity contribution in [3.63, 3.8) is 0 Å². The van der Waals surface area contributed by atoms with E-state index in [1.807, 2.05) is 68.4 Å². The first-order chi connectivity index (χ1) is 17.2. The van der Waals surface area contributed by atoms with E-state index >= 15 is 0 Å². The maximum atomic E-state index is 13.5. The van der Waals surface area contributed by atoms with Crippen LogP contribution in [0.1, 0.15) is 50.3 Å². The minimum absolute atomic E-state index is 0.0886. The van der Waals surface area contributed by atoms with Crippen LogP contribution in [0.3, 0.4) is 0 Å². The lowest BCUT2D eigenvalue weighted by atomic mass is 10.0. The van der Waals surface area contributed by atoms with Gasteiger partial charge in [-0.25, -0.2) is 4.39 Å². The van der Waals surface area contributed by atoms with Gasteiger partial charge in [-0.15, -0.1) is 0 Å². The summed E-state index contributed by atoms with van der Waals surface area (Å²) in [5.41, 5.74) is 2.84. The van der Waals surface area contributed by atoms with E-state index in [0.717, 1.165) is 11.1 Å². The molecular formula is C30H35FN2O3. The van der Waals surface area contributed by atoms with Gasteiger partial charge in [0.1, 0.15) is 17.6 Å². The zero-order valence-electron chi connectivity index (χ0n) is 21.4. The van der Waals surface area contributed by atoms with Gasteiger partial charge in [0, 0.05) is 19.0 Å². The van der Waals surface area contributed by atoms with Crippen molar-refractivity contribution < 1.29 is 18.7 Å². The molecule has 0 aromatic heterocycles. The summed E-state index contributed by atoms with van der Waals surface area (Å²) in [7, 11) is 0. The molecule has 0 spiro atoms. The number of hydrogen-bond donors (Lipinski definition) is 1. The molecule has 0 heterocycles. The van der Waals surface area contributed by atoms with Crippen LogP contribution in [0, 0.1) is 5.82 Å². The zero-order valence-corrected chi connectivity index (χ0v) is 21.4. The molecule has 0 aliphatic heterocycles. The quantitative estimate of drug-likeness (QED) is 0.387. The van der Waals surface area contributed by atoms with Crippen molar-refractivity contribution in [2.75, 3.05) is 6.61 Å². The molecule has 3 rings (SSSR count). The zero-order chi connectivity index (χ0) is 26.1. The fraction of sp³-hybridized carbons (Fsp3) is 0.333. The Balaban J connectivity index is 1.87. The molecule has 36 heavy (non-hydrogen) atoms. The number of hydrogen-bond acceptors (Lipinski definition) is 3.